The minimum atomic E-state index is -0.0384. The molecule has 3 atom stereocenters. The van der Waals surface area contributed by atoms with Crippen LogP contribution in [0.15, 0.2) is 24.4 Å². The maximum atomic E-state index is 12.8. The molecule has 166 valence electrons. The van der Waals surface area contributed by atoms with Gasteiger partial charge in [-0.3, -0.25) is 9.78 Å². The Bertz CT molecular complexity index is 1190. The lowest BCUT2D eigenvalue weighted by atomic mass is 10.0. The summed E-state index contributed by atoms with van der Waals surface area (Å²) in [7, 11) is 0. The van der Waals surface area contributed by atoms with Crippen LogP contribution in [0.1, 0.15) is 43.6 Å². The summed E-state index contributed by atoms with van der Waals surface area (Å²) in [4.78, 5) is 22.2. The first-order chi connectivity index (χ1) is 15.6. The minimum Gasteiger partial charge on any atom is -0.381 e. The summed E-state index contributed by atoms with van der Waals surface area (Å²) in [6, 6.07) is 7.91. The van der Waals surface area contributed by atoms with Gasteiger partial charge in [-0.15, -0.1) is 0 Å². The van der Waals surface area contributed by atoms with E-state index in [0.717, 1.165) is 53.6 Å². The second-order valence-electron chi connectivity index (χ2n) is 8.80. The van der Waals surface area contributed by atoms with Crippen molar-refractivity contribution in [2.24, 2.45) is 5.92 Å². The number of imidazole rings is 1. The van der Waals surface area contributed by atoms with Crippen LogP contribution >= 0.6 is 0 Å². The maximum Gasteiger partial charge on any atom is 0.227 e. The zero-order chi connectivity index (χ0) is 22.1. The molecule has 3 aromatic rings. The van der Waals surface area contributed by atoms with Crippen molar-refractivity contribution in [3.05, 3.63) is 35.8 Å². The van der Waals surface area contributed by atoms with Gasteiger partial charge in [0.2, 0.25) is 5.91 Å². The largest absolute Gasteiger partial charge is 0.381 e. The number of hydrogen-bond acceptors (Lipinski definition) is 6. The lowest BCUT2D eigenvalue weighted by molar-refractivity contribution is -0.120. The highest BCUT2D eigenvalue weighted by Crippen LogP contribution is 2.34. The van der Waals surface area contributed by atoms with Gasteiger partial charge in [-0.05, 0) is 44.4 Å². The molecule has 32 heavy (non-hydrogen) atoms. The molecule has 4 heterocycles. The topological polar surface area (TPSA) is 102 Å². The fraction of sp³-hybridized carbons (Fsp3) is 0.500. The molecular formula is C24H27N5O3. The van der Waals surface area contributed by atoms with E-state index in [1.165, 1.54) is 0 Å². The van der Waals surface area contributed by atoms with Crippen LogP contribution < -0.4 is 5.32 Å². The molecule has 0 aliphatic carbocycles. The summed E-state index contributed by atoms with van der Waals surface area (Å²) in [5.74, 6) is 1.08. The van der Waals surface area contributed by atoms with E-state index in [1.807, 2.05) is 12.1 Å². The summed E-state index contributed by atoms with van der Waals surface area (Å²) in [6.07, 6.45) is 4.79. The SMILES string of the molecule is C[C@@H]1CC(n2c(CC(=O)NC[C@@H]3CCOC3)nc3cnc4ccc(C#N)cc4c32)CCO1. The van der Waals surface area contributed by atoms with Crippen molar-refractivity contribution >= 4 is 27.8 Å². The van der Waals surface area contributed by atoms with E-state index in [1.54, 1.807) is 12.3 Å². The number of carbonyl (C=O) groups is 1. The predicted molar refractivity (Wildman–Crippen MR) is 119 cm³/mol. The second-order valence-corrected chi connectivity index (χ2v) is 8.80. The number of carbonyl (C=O) groups excluding carboxylic acids is 1. The lowest BCUT2D eigenvalue weighted by Crippen LogP contribution is -2.32. The quantitative estimate of drug-likeness (QED) is 0.664. The van der Waals surface area contributed by atoms with Gasteiger partial charge in [0, 0.05) is 37.1 Å². The van der Waals surface area contributed by atoms with Gasteiger partial charge in [0.1, 0.15) is 11.3 Å². The van der Waals surface area contributed by atoms with Gasteiger partial charge in [-0.25, -0.2) is 4.98 Å². The highest BCUT2D eigenvalue weighted by Gasteiger charge is 2.27. The first kappa shape index (κ1) is 20.9. The number of fused-ring (bicyclic) bond motifs is 3. The lowest BCUT2D eigenvalue weighted by Gasteiger charge is -2.30. The summed E-state index contributed by atoms with van der Waals surface area (Å²) in [5.41, 5.74) is 3.09. The average Bonchev–Trinajstić information content (AvgIpc) is 3.45. The number of pyridine rings is 1. The molecule has 8 heteroatoms. The Morgan fingerprint density at radius 1 is 1.31 bits per heavy atom. The van der Waals surface area contributed by atoms with E-state index in [4.69, 9.17) is 14.5 Å². The normalized spacial score (nSPS) is 23.4. The van der Waals surface area contributed by atoms with Crippen molar-refractivity contribution < 1.29 is 14.3 Å². The van der Waals surface area contributed by atoms with Crippen LogP contribution in [0.5, 0.6) is 0 Å². The van der Waals surface area contributed by atoms with Crippen LogP contribution in [0.4, 0.5) is 0 Å². The molecule has 1 unspecified atom stereocenters. The summed E-state index contributed by atoms with van der Waals surface area (Å²) < 4.78 is 13.4. The van der Waals surface area contributed by atoms with Gasteiger partial charge in [0.15, 0.2) is 0 Å². The molecule has 1 aromatic carbocycles. The van der Waals surface area contributed by atoms with Crippen molar-refractivity contribution in [2.75, 3.05) is 26.4 Å². The number of rotatable bonds is 5. The number of nitriles is 1. The second kappa shape index (κ2) is 8.85. The summed E-state index contributed by atoms with van der Waals surface area (Å²) in [6.45, 7) is 4.85. The molecule has 1 amide bonds. The van der Waals surface area contributed by atoms with E-state index in [-0.39, 0.29) is 24.5 Å². The number of hydrogen-bond donors (Lipinski definition) is 1. The van der Waals surface area contributed by atoms with Crippen LogP contribution in [0.2, 0.25) is 0 Å². The first-order valence-electron chi connectivity index (χ1n) is 11.3. The Kier molecular flexibility index (Phi) is 5.77. The summed E-state index contributed by atoms with van der Waals surface area (Å²) >= 11 is 0. The molecule has 2 aromatic heterocycles. The number of aromatic nitrogens is 3. The molecule has 0 spiro atoms. The van der Waals surface area contributed by atoms with Gasteiger partial charge in [-0.2, -0.15) is 5.26 Å². The van der Waals surface area contributed by atoms with Crippen LogP contribution in [0, 0.1) is 17.2 Å². The zero-order valence-electron chi connectivity index (χ0n) is 18.2. The molecule has 0 radical (unpaired) electrons. The van der Waals surface area contributed by atoms with Crippen molar-refractivity contribution in [2.45, 2.75) is 44.8 Å². The molecular weight excluding hydrogens is 406 g/mol. The molecule has 0 bridgehead atoms. The third kappa shape index (κ3) is 4.06. The minimum absolute atomic E-state index is 0.0384. The highest BCUT2D eigenvalue weighted by molar-refractivity contribution is 6.03. The van der Waals surface area contributed by atoms with Crippen LogP contribution in [0.25, 0.3) is 21.9 Å². The Labute approximate surface area is 186 Å². The van der Waals surface area contributed by atoms with Gasteiger partial charge in [0.25, 0.3) is 0 Å². The molecule has 2 aliphatic heterocycles. The summed E-state index contributed by atoms with van der Waals surface area (Å²) in [5, 5.41) is 13.4. The Balaban J connectivity index is 1.55. The van der Waals surface area contributed by atoms with Crippen LogP contribution in [0.3, 0.4) is 0 Å². The highest BCUT2D eigenvalue weighted by atomic mass is 16.5. The van der Waals surface area contributed by atoms with Gasteiger partial charge in [0.05, 0.1) is 48.0 Å². The molecule has 5 rings (SSSR count). The number of benzene rings is 1. The van der Waals surface area contributed by atoms with E-state index < -0.39 is 0 Å². The first-order valence-corrected chi connectivity index (χ1v) is 11.3. The van der Waals surface area contributed by atoms with Gasteiger partial charge < -0.3 is 19.4 Å². The van der Waals surface area contributed by atoms with Gasteiger partial charge >= 0.3 is 0 Å². The average molecular weight is 434 g/mol. The van der Waals surface area contributed by atoms with Crippen LogP contribution in [-0.4, -0.2) is 52.9 Å². The van der Waals surface area contributed by atoms with Crippen molar-refractivity contribution in [3.8, 4) is 6.07 Å². The van der Waals surface area contributed by atoms with Crippen molar-refractivity contribution in [3.63, 3.8) is 0 Å². The van der Waals surface area contributed by atoms with E-state index >= 15 is 0 Å². The van der Waals surface area contributed by atoms with E-state index in [9.17, 15) is 10.1 Å². The Morgan fingerprint density at radius 3 is 3.00 bits per heavy atom. The Hall–Kier alpha value is -3.02. The molecule has 2 saturated heterocycles. The molecule has 2 aliphatic rings. The molecule has 1 N–H and O–H groups in total. The monoisotopic (exact) mass is 433 g/mol. The van der Waals surface area contributed by atoms with E-state index in [2.05, 4.69) is 27.9 Å². The van der Waals surface area contributed by atoms with Crippen LogP contribution in [-0.2, 0) is 20.7 Å². The third-order valence-electron chi connectivity index (χ3n) is 6.47. The smallest absolute Gasteiger partial charge is 0.227 e. The molecule has 8 nitrogen and oxygen atoms in total. The zero-order valence-corrected chi connectivity index (χ0v) is 18.2. The third-order valence-corrected chi connectivity index (χ3v) is 6.47. The maximum absolute atomic E-state index is 12.8. The number of nitrogens with one attached hydrogen (secondary N) is 1. The molecule has 2 fully saturated rings. The fourth-order valence-corrected chi connectivity index (χ4v) is 4.83. The van der Waals surface area contributed by atoms with E-state index in [0.29, 0.717) is 31.2 Å². The Morgan fingerprint density at radius 2 is 2.22 bits per heavy atom. The molecule has 0 saturated carbocycles. The van der Waals surface area contributed by atoms with Crippen molar-refractivity contribution in [1.29, 1.82) is 5.26 Å². The van der Waals surface area contributed by atoms with Gasteiger partial charge in [-0.1, -0.05) is 0 Å². The fourth-order valence-electron chi connectivity index (χ4n) is 4.83. The standard InChI is InChI=1S/C24H27N5O3/c1-15-8-18(5-7-32-15)29-22(10-23(30)27-12-17-4-6-31-14-17)28-21-13-26-20-3-2-16(11-25)9-19(20)24(21)29/h2-3,9,13,15,17-18H,4-8,10,12,14H2,1H3,(H,27,30)/t15-,17+,18?/m1/s1. The predicted octanol–water partition coefficient (Wildman–Crippen LogP) is 2.89. The van der Waals surface area contributed by atoms with Crippen molar-refractivity contribution in [1.82, 2.24) is 19.9 Å². The number of amides is 1. The number of nitrogens with zero attached hydrogens (tertiary/aromatic N) is 4. The number of ether oxygens (including phenoxy) is 2.